The monoisotopic (exact) mass is 437 g/mol. The average Bonchev–Trinajstić information content (AvgIpc) is 3.62. The molecule has 0 atom stereocenters. The van der Waals surface area contributed by atoms with Gasteiger partial charge in [-0.2, -0.15) is 0 Å². The molecule has 8 heteroatoms. The Hall–Kier alpha value is -3.23. The van der Waals surface area contributed by atoms with E-state index in [1.54, 1.807) is 42.5 Å². The summed E-state index contributed by atoms with van der Waals surface area (Å²) in [5, 5.41) is 7.31. The molecule has 160 valence electrons. The van der Waals surface area contributed by atoms with Gasteiger partial charge in [-0.1, -0.05) is 30.3 Å². The smallest absolute Gasteiger partial charge is 0.251 e. The van der Waals surface area contributed by atoms with E-state index in [1.165, 1.54) is 0 Å². The summed E-state index contributed by atoms with van der Waals surface area (Å²) >= 11 is 0. The van der Waals surface area contributed by atoms with Crippen molar-refractivity contribution in [2.75, 3.05) is 18.4 Å². The highest BCUT2D eigenvalue weighted by atomic mass is 32.2. The number of carbonyl (C=O) groups excluding carboxylic acids is 2. The standard InChI is InChI=1S/C23H23N3O4S/c27-22(17-7-10-20(11-8-17)26-23(28)18-5-6-18)24-13-14-25-31(29,30)21-12-9-16-3-1-2-4-19(16)15-21/h1-4,7-12,15,18,25H,5-6,13-14H2,(H,24,27)(H,26,28). The third kappa shape index (κ3) is 5.28. The fraction of sp³-hybridized carbons (Fsp3) is 0.217. The molecular weight excluding hydrogens is 414 g/mol. The van der Waals surface area contributed by atoms with Gasteiger partial charge in [-0.3, -0.25) is 9.59 Å². The summed E-state index contributed by atoms with van der Waals surface area (Å²) in [7, 11) is -3.67. The number of benzene rings is 3. The fourth-order valence-corrected chi connectivity index (χ4v) is 4.24. The summed E-state index contributed by atoms with van der Waals surface area (Å²) < 4.78 is 27.5. The molecule has 4 rings (SSSR count). The molecule has 1 saturated carbocycles. The molecule has 0 aromatic heterocycles. The minimum absolute atomic E-state index is 0.0101. The van der Waals surface area contributed by atoms with Gasteiger partial charge in [0.1, 0.15) is 0 Å². The van der Waals surface area contributed by atoms with Gasteiger partial charge in [0, 0.05) is 30.3 Å². The van der Waals surface area contributed by atoms with Crippen LogP contribution in [0.25, 0.3) is 10.8 Å². The molecule has 0 aliphatic heterocycles. The quantitative estimate of drug-likeness (QED) is 0.471. The van der Waals surface area contributed by atoms with Crippen LogP contribution < -0.4 is 15.4 Å². The van der Waals surface area contributed by atoms with Crippen molar-refractivity contribution in [1.82, 2.24) is 10.0 Å². The van der Waals surface area contributed by atoms with Gasteiger partial charge in [-0.25, -0.2) is 13.1 Å². The predicted molar refractivity (Wildman–Crippen MR) is 119 cm³/mol. The summed E-state index contributed by atoms with van der Waals surface area (Å²) in [5.74, 6) is -0.192. The fourth-order valence-electron chi connectivity index (χ4n) is 3.18. The molecule has 0 bridgehead atoms. The molecule has 1 aliphatic carbocycles. The minimum atomic E-state index is -3.67. The molecule has 31 heavy (non-hydrogen) atoms. The molecule has 7 nitrogen and oxygen atoms in total. The van der Waals surface area contributed by atoms with E-state index in [0.717, 1.165) is 23.6 Å². The number of carbonyl (C=O) groups is 2. The van der Waals surface area contributed by atoms with E-state index in [-0.39, 0.29) is 35.7 Å². The second kappa shape index (κ2) is 8.87. The molecule has 1 fully saturated rings. The van der Waals surface area contributed by atoms with Gasteiger partial charge < -0.3 is 10.6 Å². The van der Waals surface area contributed by atoms with Gasteiger partial charge in [0.2, 0.25) is 15.9 Å². The zero-order valence-corrected chi connectivity index (χ0v) is 17.6. The van der Waals surface area contributed by atoms with Crippen LogP contribution in [0.3, 0.4) is 0 Å². The second-order valence-electron chi connectivity index (χ2n) is 7.50. The molecule has 0 unspecified atom stereocenters. The number of rotatable bonds is 8. The highest BCUT2D eigenvalue weighted by Crippen LogP contribution is 2.30. The van der Waals surface area contributed by atoms with Crippen molar-refractivity contribution in [3.8, 4) is 0 Å². The first-order valence-corrected chi connectivity index (χ1v) is 11.6. The van der Waals surface area contributed by atoms with Gasteiger partial charge in [0.15, 0.2) is 0 Å². The average molecular weight is 438 g/mol. The summed E-state index contributed by atoms with van der Waals surface area (Å²) in [6.45, 7) is 0.211. The third-order valence-corrected chi connectivity index (χ3v) is 6.56. The molecule has 0 spiro atoms. The lowest BCUT2D eigenvalue weighted by Gasteiger charge is -2.09. The van der Waals surface area contributed by atoms with Crippen LogP contribution in [0.1, 0.15) is 23.2 Å². The van der Waals surface area contributed by atoms with Crippen molar-refractivity contribution >= 4 is 38.3 Å². The molecular formula is C23H23N3O4S. The van der Waals surface area contributed by atoms with Crippen molar-refractivity contribution in [2.45, 2.75) is 17.7 Å². The van der Waals surface area contributed by atoms with Crippen molar-refractivity contribution in [3.63, 3.8) is 0 Å². The minimum Gasteiger partial charge on any atom is -0.351 e. The van der Waals surface area contributed by atoms with E-state index >= 15 is 0 Å². The molecule has 0 radical (unpaired) electrons. The number of hydrogen-bond acceptors (Lipinski definition) is 4. The number of anilines is 1. The first-order valence-electron chi connectivity index (χ1n) is 10.1. The Labute approximate surface area is 180 Å². The van der Waals surface area contributed by atoms with Crippen LogP contribution in [0, 0.1) is 5.92 Å². The Bertz CT molecular complexity index is 1220. The highest BCUT2D eigenvalue weighted by molar-refractivity contribution is 7.89. The number of hydrogen-bond donors (Lipinski definition) is 3. The van der Waals surface area contributed by atoms with E-state index < -0.39 is 10.0 Å². The molecule has 3 aromatic carbocycles. The van der Waals surface area contributed by atoms with Crippen molar-refractivity contribution in [2.24, 2.45) is 5.92 Å². The zero-order chi connectivity index (χ0) is 21.8. The second-order valence-corrected chi connectivity index (χ2v) is 9.27. The van der Waals surface area contributed by atoms with E-state index in [1.807, 2.05) is 24.3 Å². The van der Waals surface area contributed by atoms with Gasteiger partial charge in [0.25, 0.3) is 5.91 Å². The van der Waals surface area contributed by atoms with Crippen LogP contribution in [0.5, 0.6) is 0 Å². The molecule has 0 heterocycles. The van der Waals surface area contributed by atoms with Gasteiger partial charge >= 0.3 is 0 Å². The Morgan fingerprint density at radius 1 is 0.871 bits per heavy atom. The van der Waals surface area contributed by atoms with Gasteiger partial charge in [0.05, 0.1) is 4.90 Å². The largest absolute Gasteiger partial charge is 0.351 e. The lowest BCUT2D eigenvalue weighted by atomic mass is 10.1. The maximum Gasteiger partial charge on any atom is 0.251 e. The summed E-state index contributed by atoms with van der Waals surface area (Å²) in [4.78, 5) is 24.2. The van der Waals surface area contributed by atoms with E-state index in [0.29, 0.717) is 11.3 Å². The van der Waals surface area contributed by atoms with Crippen molar-refractivity contribution in [3.05, 3.63) is 72.3 Å². The Balaban J connectivity index is 1.27. The molecule has 1 aliphatic rings. The number of amides is 2. The summed E-state index contributed by atoms with van der Waals surface area (Å²) in [6.07, 6.45) is 1.86. The van der Waals surface area contributed by atoms with Crippen LogP contribution in [0.2, 0.25) is 0 Å². The number of fused-ring (bicyclic) bond motifs is 1. The SMILES string of the molecule is O=C(NCCNS(=O)(=O)c1ccc2ccccc2c1)c1ccc(NC(=O)C2CC2)cc1. The Morgan fingerprint density at radius 3 is 2.29 bits per heavy atom. The van der Waals surface area contributed by atoms with Gasteiger partial charge in [-0.05, 0) is 60.0 Å². The maximum absolute atomic E-state index is 12.5. The van der Waals surface area contributed by atoms with E-state index in [4.69, 9.17) is 0 Å². The normalized spacial score (nSPS) is 13.7. The highest BCUT2D eigenvalue weighted by Gasteiger charge is 2.29. The molecule has 0 saturated heterocycles. The van der Waals surface area contributed by atoms with Crippen molar-refractivity contribution < 1.29 is 18.0 Å². The third-order valence-electron chi connectivity index (χ3n) is 5.10. The zero-order valence-electron chi connectivity index (χ0n) is 16.8. The Kier molecular flexibility index (Phi) is 6.01. The van der Waals surface area contributed by atoms with Crippen LogP contribution in [-0.2, 0) is 14.8 Å². The van der Waals surface area contributed by atoms with Crippen molar-refractivity contribution in [1.29, 1.82) is 0 Å². The van der Waals surface area contributed by atoms with E-state index in [2.05, 4.69) is 15.4 Å². The van der Waals surface area contributed by atoms with Crippen LogP contribution >= 0.6 is 0 Å². The van der Waals surface area contributed by atoms with E-state index in [9.17, 15) is 18.0 Å². The lowest BCUT2D eigenvalue weighted by Crippen LogP contribution is -2.34. The number of sulfonamides is 1. The molecule has 3 N–H and O–H groups in total. The van der Waals surface area contributed by atoms with Crippen LogP contribution in [0.4, 0.5) is 5.69 Å². The first kappa shape index (κ1) is 21.0. The Morgan fingerprint density at radius 2 is 1.58 bits per heavy atom. The summed E-state index contributed by atoms with van der Waals surface area (Å²) in [5.41, 5.74) is 1.08. The van der Waals surface area contributed by atoms with Crippen LogP contribution in [-0.4, -0.2) is 33.3 Å². The topological polar surface area (TPSA) is 104 Å². The summed E-state index contributed by atoms with van der Waals surface area (Å²) in [6, 6.07) is 19.1. The van der Waals surface area contributed by atoms with Gasteiger partial charge in [-0.15, -0.1) is 0 Å². The molecule has 3 aromatic rings. The maximum atomic E-state index is 12.5. The number of nitrogens with one attached hydrogen (secondary N) is 3. The predicted octanol–water partition coefficient (Wildman–Crippen LogP) is 2.90. The van der Waals surface area contributed by atoms with Crippen LogP contribution in [0.15, 0.2) is 71.6 Å². The lowest BCUT2D eigenvalue weighted by molar-refractivity contribution is -0.117. The first-order chi connectivity index (χ1) is 14.9. The molecule has 2 amide bonds.